The number of likely N-dealkylation sites (tertiary alicyclic amines) is 1. The molecule has 1 aliphatic rings. The molecule has 0 aliphatic carbocycles. The summed E-state index contributed by atoms with van der Waals surface area (Å²) in [7, 11) is 0. The Bertz CT molecular complexity index is 799. The fourth-order valence-corrected chi connectivity index (χ4v) is 3.68. The highest BCUT2D eigenvalue weighted by atomic mass is 19.4. The van der Waals surface area contributed by atoms with Crippen LogP contribution in [0.3, 0.4) is 0 Å². The maximum Gasteiger partial charge on any atom is 0.436 e. The molecule has 1 rings (SSSR count). The van der Waals surface area contributed by atoms with Crippen LogP contribution < -0.4 is 16.4 Å². The zero-order chi connectivity index (χ0) is 27.4. The minimum Gasteiger partial charge on any atom is -0.444 e. The standard InChI is InChI=1S/C22H37F3N4O6/c1-12(2)11-21(34,22(23,24)25)28-17(31)15-8-7-9-29(15)18(32)14(26)10-16(30)13(3)27-19(33)35-20(4,5)6/h12-15,34H,7-11,26H2,1-6H3,(H,27,33)(H,28,31). The Morgan fingerprint density at radius 3 is 2.20 bits per heavy atom. The van der Waals surface area contributed by atoms with Crippen molar-refractivity contribution < 1.29 is 42.2 Å². The number of hydrogen-bond donors (Lipinski definition) is 4. The normalized spacial score (nSPS) is 20.1. The van der Waals surface area contributed by atoms with E-state index >= 15 is 0 Å². The number of hydrogen-bond acceptors (Lipinski definition) is 7. The van der Waals surface area contributed by atoms with Crippen LogP contribution in [0.1, 0.15) is 67.2 Å². The zero-order valence-electron chi connectivity index (χ0n) is 21.0. The number of rotatable bonds is 9. The van der Waals surface area contributed by atoms with Gasteiger partial charge >= 0.3 is 12.3 Å². The molecule has 0 radical (unpaired) electrons. The molecule has 0 aromatic heterocycles. The lowest BCUT2D eigenvalue weighted by atomic mass is 9.98. The van der Waals surface area contributed by atoms with Crippen LogP contribution in [0.5, 0.6) is 0 Å². The second-order valence-electron chi connectivity index (χ2n) is 10.3. The van der Waals surface area contributed by atoms with Crippen molar-refractivity contribution in [3.8, 4) is 0 Å². The SMILES string of the molecule is CC(C)CC(O)(NC(=O)C1CCCN1C(=O)C(N)CC(=O)C(C)NC(=O)OC(C)(C)C)C(F)(F)F. The summed E-state index contributed by atoms with van der Waals surface area (Å²) in [6.45, 7) is 9.31. The first kappa shape index (κ1) is 30.6. The van der Waals surface area contributed by atoms with Crippen molar-refractivity contribution in [1.82, 2.24) is 15.5 Å². The van der Waals surface area contributed by atoms with E-state index in [4.69, 9.17) is 10.5 Å². The zero-order valence-corrected chi connectivity index (χ0v) is 21.0. The fourth-order valence-electron chi connectivity index (χ4n) is 3.68. The van der Waals surface area contributed by atoms with E-state index in [-0.39, 0.29) is 13.0 Å². The van der Waals surface area contributed by atoms with Crippen molar-refractivity contribution in [1.29, 1.82) is 0 Å². The molecule has 202 valence electrons. The maximum atomic E-state index is 13.5. The van der Waals surface area contributed by atoms with Gasteiger partial charge in [-0.25, -0.2) is 4.79 Å². The van der Waals surface area contributed by atoms with Crippen LogP contribution in [0, 0.1) is 5.92 Å². The molecule has 35 heavy (non-hydrogen) atoms. The molecule has 4 atom stereocenters. The molecular formula is C22H37F3N4O6. The average Bonchev–Trinajstić information content (AvgIpc) is 3.13. The summed E-state index contributed by atoms with van der Waals surface area (Å²) < 4.78 is 45.4. The number of alkyl halides is 3. The predicted octanol–water partition coefficient (Wildman–Crippen LogP) is 1.59. The largest absolute Gasteiger partial charge is 0.444 e. The van der Waals surface area contributed by atoms with Gasteiger partial charge in [-0.3, -0.25) is 14.4 Å². The number of halogens is 3. The van der Waals surface area contributed by atoms with Gasteiger partial charge in [0, 0.05) is 19.4 Å². The molecule has 0 aromatic carbocycles. The van der Waals surface area contributed by atoms with E-state index in [1.165, 1.54) is 20.8 Å². The van der Waals surface area contributed by atoms with Gasteiger partial charge in [0.2, 0.25) is 17.5 Å². The van der Waals surface area contributed by atoms with Gasteiger partial charge in [0.15, 0.2) is 5.78 Å². The quantitative estimate of drug-likeness (QED) is 0.344. The Morgan fingerprint density at radius 1 is 1.14 bits per heavy atom. The molecule has 1 saturated heterocycles. The van der Waals surface area contributed by atoms with Gasteiger partial charge in [0.1, 0.15) is 11.6 Å². The Balaban J connectivity index is 2.83. The molecule has 0 aromatic rings. The molecule has 5 N–H and O–H groups in total. The van der Waals surface area contributed by atoms with E-state index in [9.17, 15) is 37.5 Å². The van der Waals surface area contributed by atoms with Crippen molar-refractivity contribution in [3.05, 3.63) is 0 Å². The van der Waals surface area contributed by atoms with Crippen LogP contribution in [0.15, 0.2) is 0 Å². The van der Waals surface area contributed by atoms with Gasteiger partial charge in [-0.15, -0.1) is 0 Å². The lowest BCUT2D eigenvalue weighted by Gasteiger charge is -2.35. The third-order valence-corrected chi connectivity index (χ3v) is 5.30. The predicted molar refractivity (Wildman–Crippen MR) is 120 cm³/mol. The highest BCUT2D eigenvalue weighted by Gasteiger charge is 2.56. The molecule has 4 unspecified atom stereocenters. The van der Waals surface area contributed by atoms with E-state index < -0.39 is 78.1 Å². The molecule has 1 aliphatic heterocycles. The number of carbonyl (C=O) groups excluding carboxylic acids is 4. The molecule has 1 heterocycles. The van der Waals surface area contributed by atoms with Gasteiger partial charge in [-0.05, 0) is 46.5 Å². The monoisotopic (exact) mass is 510 g/mol. The molecule has 0 spiro atoms. The number of ketones is 1. The molecule has 10 nitrogen and oxygen atoms in total. The van der Waals surface area contributed by atoms with E-state index in [0.29, 0.717) is 6.42 Å². The van der Waals surface area contributed by atoms with E-state index in [0.717, 1.165) is 4.90 Å². The third-order valence-electron chi connectivity index (χ3n) is 5.30. The Hall–Kier alpha value is -2.41. The van der Waals surface area contributed by atoms with E-state index in [2.05, 4.69) is 5.32 Å². The highest BCUT2D eigenvalue weighted by molar-refractivity contribution is 5.95. The number of nitrogens with two attached hydrogens (primary N) is 1. The van der Waals surface area contributed by atoms with E-state index in [1.807, 2.05) is 0 Å². The second-order valence-corrected chi connectivity index (χ2v) is 10.3. The Labute approximate surface area is 203 Å². The van der Waals surface area contributed by atoms with Crippen LogP contribution in [0.2, 0.25) is 0 Å². The summed E-state index contributed by atoms with van der Waals surface area (Å²) >= 11 is 0. The van der Waals surface area contributed by atoms with Crippen molar-refractivity contribution >= 4 is 23.7 Å². The van der Waals surface area contributed by atoms with Gasteiger partial charge < -0.3 is 31.1 Å². The highest BCUT2D eigenvalue weighted by Crippen LogP contribution is 2.34. The fraction of sp³-hybridized carbons (Fsp3) is 0.818. The first-order valence-corrected chi connectivity index (χ1v) is 11.5. The minimum absolute atomic E-state index is 0.0547. The topological polar surface area (TPSA) is 151 Å². The first-order valence-electron chi connectivity index (χ1n) is 11.5. The summed E-state index contributed by atoms with van der Waals surface area (Å²) in [6, 6.07) is -3.67. The van der Waals surface area contributed by atoms with Gasteiger partial charge in [-0.2, -0.15) is 13.2 Å². The molecule has 1 fully saturated rings. The number of nitrogens with zero attached hydrogens (tertiary/aromatic N) is 1. The number of Topliss-reactive ketones (excluding diaryl/α,β-unsaturated/α-hetero) is 1. The van der Waals surface area contributed by atoms with Gasteiger partial charge in [0.25, 0.3) is 0 Å². The van der Waals surface area contributed by atoms with Gasteiger partial charge in [-0.1, -0.05) is 13.8 Å². The smallest absolute Gasteiger partial charge is 0.436 e. The summed E-state index contributed by atoms with van der Waals surface area (Å²) in [5.74, 6) is -3.10. The molecule has 0 bridgehead atoms. The summed E-state index contributed by atoms with van der Waals surface area (Å²) in [5.41, 5.74) is 1.65. The molecule has 0 saturated carbocycles. The van der Waals surface area contributed by atoms with Gasteiger partial charge in [0.05, 0.1) is 12.1 Å². The minimum atomic E-state index is -5.12. The first-order chi connectivity index (χ1) is 15.8. The van der Waals surface area contributed by atoms with Crippen molar-refractivity contribution in [2.45, 2.75) is 103 Å². The van der Waals surface area contributed by atoms with Crippen molar-refractivity contribution in [2.24, 2.45) is 11.7 Å². The summed E-state index contributed by atoms with van der Waals surface area (Å²) in [5, 5.41) is 14.1. The van der Waals surface area contributed by atoms with Crippen LogP contribution in [0.4, 0.5) is 18.0 Å². The average molecular weight is 511 g/mol. The number of carbonyl (C=O) groups is 4. The van der Waals surface area contributed by atoms with Crippen LogP contribution in [-0.4, -0.2) is 75.9 Å². The number of aliphatic hydroxyl groups is 1. The maximum absolute atomic E-state index is 13.5. The second kappa shape index (κ2) is 11.5. The molecule has 3 amide bonds. The Kier molecular flexibility index (Phi) is 10.1. The summed E-state index contributed by atoms with van der Waals surface area (Å²) in [4.78, 5) is 50.8. The lowest BCUT2D eigenvalue weighted by Crippen LogP contribution is -2.63. The number of ether oxygens (including phenoxy) is 1. The molecular weight excluding hydrogens is 473 g/mol. The number of alkyl carbamates (subject to hydrolysis) is 1. The van der Waals surface area contributed by atoms with Crippen LogP contribution in [0.25, 0.3) is 0 Å². The number of amides is 3. The number of nitrogens with one attached hydrogen (secondary N) is 2. The van der Waals surface area contributed by atoms with Crippen molar-refractivity contribution in [3.63, 3.8) is 0 Å². The van der Waals surface area contributed by atoms with E-state index in [1.54, 1.807) is 26.1 Å². The molecule has 13 heteroatoms. The van der Waals surface area contributed by atoms with Crippen LogP contribution >= 0.6 is 0 Å². The summed E-state index contributed by atoms with van der Waals surface area (Å²) in [6.07, 6.45) is -6.78. The third kappa shape index (κ3) is 8.95. The lowest BCUT2D eigenvalue weighted by molar-refractivity contribution is -0.276. The van der Waals surface area contributed by atoms with Crippen LogP contribution in [-0.2, 0) is 19.1 Å². The van der Waals surface area contributed by atoms with Crippen molar-refractivity contribution in [2.75, 3.05) is 6.54 Å². The Morgan fingerprint density at radius 2 is 1.71 bits per heavy atom.